The van der Waals surface area contributed by atoms with Crippen molar-refractivity contribution < 1.29 is 22.7 Å². The van der Waals surface area contributed by atoms with Crippen LogP contribution in [0.3, 0.4) is 0 Å². The Bertz CT molecular complexity index is 1070. The number of ether oxygens (including phenoxy) is 1. The zero-order chi connectivity index (χ0) is 23.1. The molecule has 3 amide bonds. The molecule has 0 saturated carbocycles. The van der Waals surface area contributed by atoms with Crippen LogP contribution in [0.2, 0.25) is 0 Å². The van der Waals surface area contributed by atoms with Gasteiger partial charge in [-0.15, -0.1) is 0 Å². The average molecular weight is 462 g/mol. The fraction of sp³-hybridized carbons (Fsp3) is 0.333. The van der Waals surface area contributed by atoms with E-state index in [0.717, 1.165) is 17.8 Å². The maximum absolute atomic E-state index is 12.3. The number of hydrogen-bond donors (Lipinski definition) is 4. The topological polar surface area (TPSA) is 129 Å². The lowest BCUT2D eigenvalue weighted by Gasteiger charge is -2.28. The second-order valence-electron chi connectivity index (χ2n) is 7.17. The van der Waals surface area contributed by atoms with Crippen molar-refractivity contribution >= 4 is 39.0 Å². The van der Waals surface area contributed by atoms with E-state index in [9.17, 15) is 18.0 Å². The number of amides is 3. The van der Waals surface area contributed by atoms with Gasteiger partial charge in [-0.3, -0.25) is 9.52 Å². The Morgan fingerprint density at radius 1 is 1.19 bits per heavy atom. The summed E-state index contributed by atoms with van der Waals surface area (Å²) >= 11 is 0. The van der Waals surface area contributed by atoms with Gasteiger partial charge in [0.15, 0.2) is 0 Å². The second-order valence-corrected chi connectivity index (χ2v) is 9.18. The summed E-state index contributed by atoms with van der Waals surface area (Å²) in [7, 11) is -2.03. The number of carbonyl (C=O) groups excluding carboxylic acids is 2. The van der Waals surface area contributed by atoms with E-state index in [4.69, 9.17) is 4.74 Å². The zero-order valence-corrected chi connectivity index (χ0v) is 18.8. The van der Waals surface area contributed by atoms with Crippen molar-refractivity contribution in [1.82, 2.24) is 10.6 Å². The molecule has 32 heavy (non-hydrogen) atoms. The Hall–Kier alpha value is -3.47. The summed E-state index contributed by atoms with van der Waals surface area (Å²) in [5.41, 5.74) is 2.62. The molecular weight excluding hydrogens is 434 g/mol. The smallest absolute Gasteiger partial charge is 0.319 e. The normalized spacial score (nSPS) is 13.8. The number of benzene rings is 2. The number of piperazine rings is 1. The van der Waals surface area contributed by atoms with Gasteiger partial charge >= 0.3 is 6.03 Å². The van der Waals surface area contributed by atoms with Crippen LogP contribution in [0, 0.1) is 0 Å². The molecule has 0 unspecified atom stereocenters. The van der Waals surface area contributed by atoms with Crippen LogP contribution in [-0.4, -0.2) is 52.9 Å². The van der Waals surface area contributed by atoms with Gasteiger partial charge in [-0.1, -0.05) is 12.1 Å². The number of sulfonamides is 1. The molecule has 3 rings (SSSR count). The fourth-order valence-electron chi connectivity index (χ4n) is 3.13. The maximum Gasteiger partial charge on any atom is 0.319 e. The van der Waals surface area contributed by atoms with Crippen LogP contribution in [0.4, 0.5) is 21.9 Å². The van der Waals surface area contributed by atoms with E-state index >= 15 is 0 Å². The minimum absolute atomic E-state index is 0.00565. The van der Waals surface area contributed by atoms with Gasteiger partial charge in [-0.2, -0.15) is 0 Å². The van der Waals surface area contributed by atoms with Crippen molar-refractivity contribution in [3.05, 3.63) is 48.0 Å². The number of nitrogens with one attached hydrogen (secondary N) is 4. The Labute approximate surface area is 187 Å². The number of nitrogens with zero attached hydrogens (tertiary/aromatic N) is 1. The molecule has 1 saturated heterocycles. The molecule has 0 aromatic heterocycles. The van der Waals surface area contributed by atoms with Gasteiger partial charge < -0.3 is 25.6 Å². The molecular formula is C21H27N5O5S. The summed E-state index contributed by atoms with van der Waals surface area (Å²) in [5, 5.41) is 8.27. The first-order valence-electron chi connectivity index (χ1n) is 10.1. The van der Waals surface area contributed by atoms with Crippen LogP contribution in [0.25, 0.3) is 0 Å². The fourth-order valence-corrected chi connectivity index (χ4v) is 3.78. The molecule has 172 valence electrons. The number of anilines is 3. The van der Waals surface area contributed by atoms with E-state index in [1.807, 2.05) is 29.2 Å². The van der Waals surface area contributed by atoms with Gasteiger partial charge in [0.1, 0.15) is 5.75 Å². The number of hydrogen-bond acceptors (Lipinski definition) is 6. The van der Waals surface area contributed by atoms with E-state index in [1.54, 1.807) is 6.07 Å². The van der Waals surface area contributed by atoms with E-state index in [1.165, 1.54) is 26.2 Å². The number of carbonyl (C=O) groups is 2. The lowest BCUT2D eigenvalue weighted by molar-refractivity contribution is -0.120. The third kappa shape index (κ3) is 6.27. The van der Waals surface area contributed by atoms with E-state index < -0.39 is 16.1 Å². The Balaban J connectivity index is 1.55. The Kier molecular flexibility index (Phi) is 7.41. The lowest BCUT2D eigenvalue weighted by atomic mass is 10.2. The summed E-state index contributed by atoms with van der Waals surface area (Å²) in [6, 6.07) is 11.9. The standard InChI is InChI=1S/C21H27N5O5S/c1-3-32(29,30)25-18-9-6-16(12-19(18)31-2)24-21(28)23-13-15-4-7-17(8-5-15)26-11-10-22-20(27)14-26/h4-9,12,25H,3,10-11,13-14H2,1-2H3,(H,22,27)(H2,23,24,28). The quantitative estimate of drug-likeness (QED) is 0.474. The molecule has 1 fully saturated rings. The second kappa shape index (κ2) is 10.2. The highest BCUT2D eigenvalue weighted by Crippen LogP contribution is 2.28. The van der Waals surface area contributed by atoms with E-state index in [-0.39, 0.29) is 11.7 Å². The zero-order valence-electron chi connectivity index (χ0n) is 18.0. The first-order chi connectivity index (χ1) is 15.3. The molecule has 1 aliphatic heterocycles. The molecule has 0 atom stereocenters. The van der Waals surface area contributed by atoms with Gasteiger partial charge in [0.2, 0.25) is 15.9 Å². The highest BCUT2D eigenvalue weighted by Gasteiger charge is 2.16. The van der Waals surface area contributed by atoms with Crippen LogP contribution in [0.5, 0.6) is 5.75 Å². The van der Waals surface area contributed by atoms with Crippen molar-refractivity contribution in [1.29, 1.82) is 0 Å². The van der Waals surface area contributed by atoms with Crippen molar-refractivity contribution in [2.75, 3.05) is 47.4 Å². The largest absolute Gasteiger partial charge is 0.494 e. The van der Waals surface area contributed by atoms with Gasteiger partial charge in [-0.25, -0.2) is 13.2 Å². The SMILES string of the molecule is CCS(=O)(=O)Nc1ccc(NC(=O)NCc2ccc(N3CCNC(=O)C3)cc2)cc1OC. The number of methoxy groups -OCH3 is 1. The summed E-state index contributed by atoms with van der Waals surface area (Å²) in [4.78, 5) is 25.8. The molecule has 2 aromatic carbocycles. The molecule has 1 aliphatic rings. The molecule has 11 heteroatoms. The molecule has 2 aromatic rings. The van der Waals surface area contributed by atoms with Crippen molar-refractivity contribution in [3.63, 3.8) is 0 Å². The van der Waals surface area contributed by atoms with E-state index in [0.29, 0.717) is 36.8 Å². The summed E-state index contributed by atoms with van der Waals surface area (Å²) in [5.74, 6) is 0.236. The molecule has 0 aliphatic carbocycles. The first-order valence-corrected chi connectivity index (χ1v) is 11.8. The monoisotopic (exact) mass is 461 g/mol. The van der Waals surface area contributed by atoms with Gasteiger partial charge in [0.25, 0.3) is 0 Å². The minimum Gasteiger partial charge on any atom is -0.494 e. The summed E-state index contributed by atoms with van der Waals surface area (Å²) in [6.45, 7) is 3.57. The third-order valence-corrected chi connectivity index (χ3v) is 6.19. The third-order valence-electron chi connectivity index (χ3n) is 4.90. The van der Waals surface area contributed by atoms with Crippen LogP contribution in [-0.2, 0) is 21.4 Å². The van der Waals surface area contributed by atoms with Gasteiger partial charge in [0.05, 0.1) is 25.1 Å². The molecule has 0 bridgehead atoms. The summed E-state index contributed by atoms with van der Waals surface area (Å²) in [6.07, 6.45) is 0. The van der Waals surface area contributed by atoms with Crippen LogP contribution in [0.1, 0.15) is 12.5 Å². The molecule has 10 nitrogen and oxygen atoms in total. The van der Waals surface area contributed by atoms with Gasteiger partial charge in [0, 0.05) is 37.1 Å². The molecule has 0 spiro atoms. The summed E-state index contributed by atoms with van der Waals surface area (Å²) < 4.78 is 31.2. The Morgan fingerprint density at radius 2 is 1.94 bits per heavy atom. The number of rotatable bonds is 8. The highest BCUT2D eigenvalue weighted by molar-refractivity contribution is 7.92. The Morgan fingerprint density at radius 3 is 2.59 bits per heavy atom. The molecule has 0 radical (unpaired) electrons. The van der Waals surface area contributed by atoms with E-state index in [2.05, 4.69) is 20.7 Å². The van der Waals surface area contributed by atoms with Crippen molar-refractivity contribution in [2.45, 2.75) is 13.5 Å². The predicted octanol–water partition coefficient (Wildman–Crippen LogP) is 1.71. The van der Waals surface area contributed by atoms with Crippen LogP contribution < -0.4 is 30.3 Å². The van der Waals surface area contributed by atoms with Crippen molar-refractivity contribution in [2.24, 2.45) is 0 Å². The maximum atomic E-state index is 12.3. The number of urea groups is 1. The minimum atomic E-state index is -3.45. The highest BCUT2D eigenvalue weighted by atomic mass is 32.2. The first kappa shape index (κ1) is 23.2. The average Bonchev–Trinajstić information content (AvgIpc) is 2.79. The van der Waals surface area contributed by atoms with Crippen LogP contribution in [0.15, 0.2) is 42.5 Å². The molecule has 1 heterocycles. The van der Waals surface area contributed by atoms with Crippen molar-refractivity contribution in [3.8, 4) is 5.75 Å². The lowest BCUT2D eigenvalue weighted by Crippen LogP contribution is -2.47. The predicted molar refractivity (Wildman–Crippen MR) is 124 cm³/mol. The van der Waals surface area contributed by atoms with Crippen LogP contribution >= 0.6 is 0 Å². The molecule has 4 N–H and O–H groups in total. The van der Waals surface area contributed by atoms with Gasteiger partial charge in [-0.05, 0) is 36.8 Å².